The van der Waals surface area contributed by atoms with Gasteiger partial charge in [0.15, 0.2) is 5.16 Å². The quantitative estimate of drug-likeness (QED) is 0.852. The summed E-state index contributed by atoms with van der Waals surface area (Å²) in [6.07, 6.45) is 3.61. The number of imidazole rings is 1. The number of aromatic amines is 1. The van der Waals surface area contributed by atoms with Crippen molar-refractivity contribution < 1.29 is 0 Å². The molecule has 0 fully saturated rings. The van der Waals surface area contributed by atoms with E-state index in [-0.39, 0.29) is 0 Å². The summed E-state index contributed by atoms with van der Waals surface area (Å²) in [5.74, 6) is 0. The molecule has 0 amide bonds. The number of benzene rings is 1. The van der Waals surface area contributed by atoms with Gasteiger partial charge in [0.2, 0.25) is 0 Å². The van der Waals surface area contributed by atoms with Crippen LogP contribution < -0.4 is 5.32 Å². The van der Waals surface area contributed by atoms with Crippen LogP contribution in [-0.2, 0) is 6.54 Å². The van der Waals surface area contributed by atoms with Gasteiger partial charge in [0.05, 0.1) is 0 Å². The fraction of sp³-hybridized carbons (Fsp3) is 0.250. The van der Waals surface area contributed by atoms with Crippen molar-refractivity contribution in [3.05, 3.63) is 41.7 Å². The van der Waals surface area contributed by atoms with Crippen molar-refractivity contribution in [2.45, 2.75) is 23.5 Å². The number of nitrogens with one attached hydrogen (secondary N) is 2. The Kier molecular flexibility index (Phi) is 3.64. The van der Waals surface area contributed by atoms with Crippen molar-refractivity contribution in [3.63, 3.8) is 0 Å². The summed E-state index contributed by atoms with van der Waals surface area (Å²) in [5, 5.41) is 4.10. The minimum atomic E-state index is 0.914. The lowest BCUT2D eigenvalue weighted by Crippen LogP contribution is -2.06. The molecule has 1 aromatic heterocycles. The fourth-order valence-corrected chi connectivity index (χ4v) is 2.37. The summed E-state index contributed by atoms with van der Waals surface area (Å²) in [4.78, 5) is 8.49. The van der Waals surface area contributed by atoms with Crippen LogP contribution >= 0.6 is 11.8 Å². The molecule has 0 bridgehead atoms. The van der Waals surface area contributed by atoms with Crippen LogP contribution in [0.1, 0.15) is 11.1 Å². The van der Waals surface area contributed by atoms with E-state index in [2.05, 4.69) is 40.4 Å². The predicted octanol–water partition coefficient (Wildman–Crippen LogP) is 2.59. The molecule has 1 heterocycles. The highest BCUT2D eigenvalue weighted by atomic mass is 32.2. The van der Waals surface area contributed by atoms with Crippen LogP contribution in [-0.4, -0.2) is 17.0 Å². The Balaban J connectivity index is 2.15. The molecule has 3 nitrogen and oxygen atoms in total. The average molecular weight is 233 g/mol. The molecule has 2 aromatic rings. The van der Waals surface area contributed by atoms with Crippen LogP contribution in [0.3, 0.4) is 0 Å². The first-order valence-electron chi connectivity index (χ1n) is 5.21. The first-order chi connectivity index (χ1) is 7.79. The maximum Gasteiger partial charge on any atom is 0.170 e. The van der Waals surface area contributed by atoms with E-state index in [9.17, 15) is 0 Å². The molecule has 4 heteroatoms. The van der Waals surface area contributed by atoms with Crippen LogP contribution in [0.25, 0.3) is 0 Å². The van der Waals surface area contributed by atoms with Crippen molar-refractivity contribution in [2.24, 2.45) is 0 Å². The predicted molar refractivity (Wildman–Crippen MR) is 66.7 cm³/mol. The van der Waals surface area contributed by atoms with Gasteiger partial charge in [-0.05, 0) is 37.2 Å². The third kappa shape index (κ3) is 2.65. The summed E-state index contributed by atoms with van der Waals surface area (Å²) in [5.41, 5.74) is 2.65. The zero-order valence-corrected chi connectivity index (χ0v) is 10.3. The van der Waals surface area contributed by atoms with Gasteiger partial charge in [0, 0.05) is 23.8 Å². The molecule has 0 aliphatic rings. The van der Waals surface area contributed by atoms with Gasteiger partial charge >= 0.3 is 0 Å². The van der Waals surface area contributed by atoms with E-state index in [0.717, 1.165) is 11.7 Å². The normalized spacial score (nSPS) is 10.6. The third-order valence-electron chi connectivity index (χ3n) is 2.37. The first-order valence-corrected chi connectivity index (χ1v) is 6.02. The van der Waals surface area contributed by atoms with Gasteiger partial charge in [-0.3, -0.25) is 0 Å². The van der Waals surface area contributed by atoms with Gasteiger partial charge in [-0.1, -0.05) is 17.8 Å². The summed E-state index contributed by atoms with van der Waals surface area (Å²) < 4.78 is 0. The van der Waals surface area contributed by atoms with Crippen LogP contribution in [0.2, 0.25) is 0 Å². The zero-order valence-electron chi connectivity index (χ0n) is 9.45. The number of hydrogen-bond acceptors (Lipinski definition) is 3. The molecule has 1 aromatic carbocycles. The standard InChI is InChI=1S/C12H15N3S/c1-9-7-11(4-3-10(9)8-13-2)16-12-14-5-6-15-12/h3-7,13H,8H2,1-2H3,(H,14,15). The second-order valence-corrected chi connectivity index (χ2v) is 4.68. The zero-order chi connectivity index (χ0) is 11.4. The number of aromatic nitrogens is 2. The largest absolute Gasteiger partial charge is 0.339 e. The minimum Gasteiger partial charge on any atom is -0.339 e. The molecule has 0 aliphatic carbocycles. The Morgan fingerprint density at radius 2 is 2.31 bits per heavy atom. The molecular formula is C12H15N3S. The van der Waals surface area contributed by atoms with E-state index in [1.165, 1.54) is 16.0 Å². The maximum absolute atomic E-state index is 4.20. The third-order valence-corrected chi connectivity index (χ3v) is 3.28. The summed E-state index contributed by atoms with van der Waals surface area (Å²) in [7, 11) is 1.96. The highest BCUT2D eigenvalue weighted by molar-refractivity contribution is 7.99. The van der Waals surface area contributed by atoms with E-state index in [4.69, 9.17) is 0 Å². The number of hydrogen-bond donors (Lipinski definition) is 2. The van der Waals surface area contributed by atoms with Crippen LogP contribution in [0.15, 0.2) is 40.6 Å². The van der Waals surface area contributed by atoms with Gasteiger partial charge in [-0.2, -0.15) is 0 Å². The smallest absolute Gasteiger partial charge is 0.170 e. The monoisotopic (exact) mass is 233 g/mol. The minimum absolute atomic E-state index is 0.914. The summed E-state index contributed by atoms with van der Waals surface area (Å²) in [6.45, 7) is 3.05. The number of aryl methyl sites for hydroxylation is 1. The highest BCUT2D eigenvalue weighted by Gasteiger charge is 2.02. The summed E-state index contributed by atoms with van der Waals surface area (Å²) in [6, 6.07) is 6.49. The Morgan fingerprint density at radius 3 is 2.94 bits per heavy atom. The molecule has 0 aliphatic heterocycles. The van der Waals surface area contributed by atoms with Gasteiger partial charge in [-0.25, -0.2) is 4.98 Å². The molecule has 0 radical (unpaired) electrons. The van der Waals surface area contributed by atoms with Crippen LogP contribution in [0.4, 0.5) is 0 Å². The molecule has 0 saturated carbocycles. The second-order valence-electron chi connectivity index (χ2n) is 3.62. The first kappa shape index (κ1) is 11.2. The number of rotatable bonds is 4. The van der Waals surface area contributed by atoms with Crippen molar-refractivity contribution in [1.29, 1.82) is 0 Å². The molecule has 2 N–H and O–H groups in total. The summed E-state index contributed by atoms with van der Waals surface area (Å²) >= 11 is 1.65. The number of nitrogens with zero attached hydrogens (tertiary/aromatic N) is 1. The SMILES string of the molecule is CNCc1ccc(Sc2ncc[nH]2)cc1C. The van der Waals surface area contributed by atoms with Gasteiger partial charge in [0.1, 0.15) is 0 Å². The lowest BCUT2D eigenvalue weighted by atomic mass is 10.1. The Bertz CT molecular complexity index is 451. The molecular weight excluding hydrogens is 218 g/mol. The average Bonchev–Trinajstić information content (AvgIpc) is 2.75. The molecule has 2 rings (SSSR count). The molecule has 0 spiro atoms. The van der Waals surface area contributed by atoms with Crippen molar-refractivity contribution in [2.75, 3.05) is 7.05 Å². The highest BCUT2D eigenvalue weighted by Crippen LogP contribution is 2.26. The lowest BCUT2D eigenvalue weighted by molar-refractivity contribution is 0.811. The van der Waals surface area contributed by atoms with Crippen molar-refractivity contribution in [3.8, 4) is 0 Å². The van der Waals surface area contributed by atoms with E-state index in [1.807, 2.05) is 13.2 Å². The lowest BCUT2D eigenvalue weighted by Gasteiger charge is -2.06. The molecule has 0 unspecified atom stereocenters. The van der Waals surface area contributed by atoms with E-state index in [0.29, 0.717) is 0 Å². The van der Waals surface area contributed by atoms with Crippen molar-refractivity contribution in [1.82, 2.24) is 15.3 Å². The fourth-order valence-electron chi connectivity index (χ4n) is 1.54. The van der Waals surface area contributed by atoms with Crippen LogP contribution in [0.5, 0.6) is 0 Å². The van der Waals surface area contributed by atoms with Gasteiger partial charge in [-0.15, -0.1) is 0 Å². The van der Waals surface area contributed by atoms with Gasteiger partial charge < -0.3 is 10.3 Å². The van der Waals surface area contributed by atoms with E-state index >= 15 is 0 Å². The molecule has 84 valence electrons. The molecule has 0 saturated heterocycles. The number of H-pyrrole nitrogens is 1. The van der Waals surface area contributed by atoms with Crippen molar-refractivity contribution >= 4 is 11.8 Å². The van der Waals surface area contributed by atoms with E-state index < -0.39 is 0 Å². The van der Waals surface area contributed by atoms with E-state index in [1.54, 1.807) is 18.0 Å². The second kappa shape index (κ2) is 5.18. The molecule has 0 atom stereocenters. The van der Waals surface area contributed by atoms with Gasteiger partial charge in [0.25, 0.3) is 0 Å². The Hall–Kier alpha value is -1.26. The van der Waals surface area contributed by atoms with Crippen LogP contribution in [0, 0.1) is 6.92 Å². The topological polar surface area (TPSA) is 40.7 Å². The molecule has 16 heavy (non-hydrogen) atoms. The Morgan fingerprint density at radius 1 is 1.44 bits per heavy atom. The Labute approximate surface area is 99.7 Å². The maximum atomic E-state index is 4.20.